The number of halogens is 1. The normalized spacial score (nSPS) is 14.7. The highest BCUT2D eigenvalue weighted by molar-refractivity contribution is 14.0. The third-order valence-electron chi connectivity index (χ3n) is 5.72. The number of rotatable bonds is 8. The Morgan fingerprint density at radius 1 is 1.06 bits per heavy atom. The summed E-state index contributed by atoms with van der Waals surface area (Å²) < 4.78 is 0. The smallest absolute Gasteiger partial charge is 0.253 e. The largest absolute Gasteiger partial charge is 0.357 e. The van der Waals surface area contributed by atoms with E-state index in [4.69, 9.17) is 4.99 Å². The van der Waals surface area contributed by atoms with Crippen molar-refractivity contribution >= 4 is 41.9 Å². The van der Waals surface area contributed by atoms with Crippen LogP contribution in [0.15, 0.2) is 65.7 Å². The zero-order valence-corrected chi connectivity index (χ0v) is 22.9. The second kappa shape index (κ2) is 14.8. The monoisotopic (exact) mass is 575 g/mol. The number of nitrogens with zero attached hydrogens (tertiary/aromatic N) is 4. The van der Waals surface area contributed by atoms with Gasteiger partial charge in [0.05, 0.1) is 0 Å². The fourth-order valence-electron chi connectivity index (χ4n) is 3.88. The molecule has 3 rings (SSSR count). The van der Waals surface area contributed by atoms with E-state index in [0.717, 1.165) is 62.8 Å². The molecule has 0 spiro atoms. The van der Waals surface area contributed by atoms with Gasteiger partial charge in [-0.2, -0.15) is 0 Å². The summed E-state index contributed by atoms with van der Waals surface area (Å²) in [5, 5.41) is 3.45. The first-order chi connectivity index (χ1) is 16.1. The molecule has 1 fully saturated rings. The van der Waals surface area contributed by atoms with Crippen molar-refractivity contribution in [3.63, 3.8) is 0 Å². The fraction of sp³-hybridized carbons (Fsp3) is 0.407. The molecule has 0 unspecified atom stereocenters. The Kier molecular flexibility index (Phi) is 12.1. The van der Waals surface area contributed by atoms with Gasteiger partial charge in [-0.15, -0.1) is 24.0 Å². The average Bonchev–Trinajstić information content (AvgIpc) is 2.84. The molecule has 0 aromatic heterocycles. The molecule has 0 aliphatic carbocycles. The minimum Gasteiger partial charge on any atom is -0.357 e. The topological polar surface area (TPSA) is 51.2 Å². The van der Waals surface area contributed by atoms with Crippen LogP contribution in [-0.2, 0) is 6.42 Å². The first kappa shape index (κ1) is 27.9. The summed E-state index contributed by atoms with van der Waals surface area (Å²) in [6.45, 7) is 8.62. The quantitative estimate of drug-likeness (QED) is 0.295. The molecular weight excluding hydrogens is 537 g/mol. The van der Waals surface area contributed by atoms with Gasteiger partial charge in [0.2, 0.25) is 0 Å². The van der Waals surface area contributed by atoms with Crippen molar-refractivity contribution in [3.8, 4) is 0 Å². The number of benzene rings is 2. The third-order valence-corrected chi connectivity index (χ3v) is 5.72. The molecule has 7 heteroatoms. The summed E-state index contributed by atoms with van der Waals surface area (Å²) in [7, 11) is 3.56. The molecule has 1 amide bonds. The molecule has 184 valence electrons. The van der Waals surface area contributed by atoms with Gasteiger partial charge in [0.1, 0.15) is 0 Å². The van der Waals surface area contributed by atoms with E-state index in [-0.39, 0.29) is 29.9 Å². The number of carbonyl (C=O) groups excluding carboxylic acids is 1. The Balaban J connectivity index is 0.00000408. The van der Waals surface area contributed by atoms with Crippen LogP contribution in [0.4, 0.5) is 0 Å². The van der Waals surface area contributed by atoms with Crippen molar-refractivity contribution in [1.82, 2.24) is 20.0 Å². The van der Waals surface area contributed by atoms with Gasteiger partial charge in [-0.1, -0.05) is 54.6 Å². The van der Waals surface area contributed by atoms with E-state index < -0.39 is 0 Å². The van der Waals surface area contributed by atoms with E-state index in [9.17, 15) is 4.79 Å². The molecule has 1 heterocycles. The lowest BCUT2D eigenvalue weighted by Crippen LogP contribution is -2.52. The lowest BCUT2D eigenvalue weighted by Gasteiger charge is -2.36. The molecule has 0 saturated carbocycles. The molecule has 2 aromatic rings. The van der Waals surface area contributed by atoms with Gasteiger partial charge in [0, 0.05) is 65.5 Å². The molecule has 1 saturated heterocycles. The summed E-state index contributed by atoms with van der Waals surface area (Å²) >= 11 is 0. The van der Waals surface area contributed by atoms with Gasteiger partial charge >= 0.3 is 0 Å². The number of aliphatic imine (C=N–C) groups is 1. The maximum Gasteiger partial charge on any atom is 0.253 e. The van der Waals surface area contributed by atoms with Crippen molar-refractivity contribution in [2.75, 3.05) is 59.9 Å². The summed E-state index contributed by atoms with van der Waals surface area (Å²) in [6, 6.07) is 18.3. The minimum absolute atomic E-state index is 0. The van der Waals surface area contributed by atoms with Crippen LogP contribution in [0.25, 0.3) is 6.08 Å². The molecule has 34 heavy (non-hydrogen) atoms. The maximum absolute atomic E-state index is 12.2. The predicted octanol–water partition coefficient (Wildman–Crippen LogP) is 3.85. The van der Waals surface area contributed by atoms with Crippen LogP contribution in [0.5, 0.6) is 0 Å². The van der Waals surface area contributed by atoms with Gasteiger partial charge in [-0.3, -0.25) is 14.7 Å². The molecule has 1 aliphatic rings. The van der Waals surface area contributed by atoms with E-state index >= 15 is 0 Å². The first-order valence-electron chi connectivity index (χ1n) is 11.8. The standard InChI is InChI=1S/C27H37N5O.HI/c1-4-28-27(29-16-15-24-12-8-14-25(22-24)26(33)30(2)3)32-20-18-31(19-21-32)17-9-13-23-10-6-5-7-11-23;/h5-14,22H,4,15-21H2,1-3H3,(H,28,29);1H/b13-9+;. The number of hydrogen-bond acceptors (Lipinski definition) is 3. The molecule has 1 aliphatic heterocycles. The zero-order chi connectivity index (χ0) is 23.5. The number of piperazine rings is 1. The highest BCUT2D eigenvalue weighted by Crippen LogP contribution is 2.09. The Morgan fingerprint density at radius 2 is 1.79 bits per heavy atom. The number of amides is 1. The van der Waals surface area contributed by atoms with Crippen LogP contribution < -0.4 is 5.32 Å². The number of guanidine groups is 1. The molecule has 0 bridgehead atoms. The van der Waals surface area contributed by atoms with Gasteiger partial charge in [-0.05, 0) is 36.6 Å². The van der Waals surface area contributed by atoms with E-state index in [2.05, 4.69) is 64.5 Å². The third kappa shape index (κ3) is 8.76. The molecular formula is C27H38IN5O. The SMILES string of the molecule is CCNC(=NCCc1cccc(C(=O)N(C)C)c1)N1CCN(C/C=C/c2ccccc2)CC1.I. The Morgan fingerprint density at radius 3 is 2.47 bits per heavy atom. The van der Waals surface area contributed by atoms with Crippen LogP contribution in [0.3, 0.4) is 0 Å². The Bertz CT molecular complexity index is 937. The highest BCUT2D eigenvalue weighted by atomic mass is 127. The minimum atomic E-state index is 0. The average molecular weight is 576 g/mol. The van der Waals surface area contributed by atoms with Gasteiger partial charge < -0.3 is 15.1 Å². The van der Waals surface area contributed by atoms with Crippen LogP contribution in [0.2, 0.25) is 0 Å². The number of nitrogens with one attached hydrogen (secondary N) is 1. The van der Waals surface area contributed by atoms with Crippen molar-refractivity contribution in [2.45, 2.75) is 13.3 Å². The highest BCUT2D eigenvalue weighted by Gasteiger charge is 2.18. The van der Waals surface area contributed by atoms with Crippen molar-refractivity contribution < 1.29 is 4.79 Å². The van der Waals surface area contributed by atoms with Crippen LogP contribution >= 0.6 is 24.0 Å². The Hall–Kier alpha value is -2.39. The van der Waals surface area contributed by atoms with Gasteiger partial charge in [0.15, 0.2) is 5.96 Å². The second-order valence-corrected chi connectivity index (χ2v) is 8.49. The van der Waals surface area contributed by atoms with E-state index in [1.54, 1.807) is 19.0 Å². The Labute approximate surface area is 221 Å². The predicted molar refractivity (Wildman–Crippen MR) is 153 cm³/mol. The fourth-order valence-corrected chi connectivity index (χ4v) is 3.88. The molecule has 1 N–H and O–H groups in total. The van der Waals surface area contributed by atoms with Gasteiger partial charge in [-0.25, -0.2) is 0 Å². The zero-order valence-electron chi connectivity index (χ0n) is 20.6. The molecule has 0 atom stereocenters. The van der Waals surface area contributed by atoms with Crippen molar-refractivity contribution in [2.24, 2.45) is 4.99 Å². The lowest BCUT2D eigenvalue weighted by molar-refractivity contribution is 0.0827. The summed E-state index contributed by atoms with van der Waals surface area (Å²) in [5.41, 5.74) is 3.11. The van der Waals surface area contributed by atoms with Crippen LogP contribution in [-0.4, -0.2) is 86.5 Å². The van der Waals surface area contributed by atoms with E-state index in [1.165, 1.54) is 5.56 Å². The second-order valence-electron chi connectivity index (χ2n) is 8.49. The summed E-state index contributed by atoms with van der Waals surface area (Å²) in [6.07, 6.45) is 5.26. The molecule has 6 nitrogen and oxygen atoms in total. The van der Waals surface area contributed by atoms with E-state index in [1.807, 2.05) is 24.3 Å². The van der Waals surface area contributed by atoms with E-state index in [0.29, 0.717) is 6.54 Å². The van der Waals surface area contributed by atoms with Crippen molar-refractivity contribution in [1.29, 1.82) is 0 Å². The summed E-state index contributed by atoms with van der Waals surface area (Å²) in [5.74, 6) is 1.02. The van der Waals surface area contributed by atoms with Gasteiger partial charge in [0.25, 0.3) is 5.91 Å². The molecule has 0 radical (unpaired) electrons. The summed E-state index contributed by atoms with van der Waals surface area (Å²) in [4.78, 5) is 23.5. The first-order valence-corrected chi connectivity index (χ1v) is 11.8. The number of carbonyl (C=O) groups is 1. The van der Waals surface area contributed by atoms with Crippen LogP contribution in [0.1, 0.15) is 28.4 Å². The lowest BCUT2D eigenvalue weighted by atomic mass is 10.1. The number of hydrogen-bond donors (Lipinski definition) is 1. The molecule has 2 aromatic carbocycles. The maximum atomic E-state index is 12.2. The van der Waals surface area contributed by atoms with Crippen molar-refractivity contribution in [3.05, 3.63) is 77.4 Å². The van der Waals surface area contributed by atoms with Crippen LogP contribution in [0, 0.1) is 0 Å².